The van der Waals surface area contributed by atoms with E-state index in [9.17, 15) is 14.0 Å². The highest BCUT2D eigenvalue weighted by Crippen LogP contribution is 2.52. The highest BCUT2D eigenvalue weighted by atomic mass is 19.1. The van der Waals surface area contributed by atoms with Crippen LogP contribution < -0.4 is 15.4 Å². The largest absolute Gasteiger partial charge is 0.467 e. The number of carbonyl (C=O) groups excluding carboxylic acids is 2. The maximum atomic E-state index is 13.3. The molecule has 2 bridgehead atoms. The lowest BCUT2D eigenvalue weighted by Gasteiger charge is -2.55. The minimum absolute atomic E-state index is 0.00125. The zero-order valence-electron chi connectivity index (χ0n) is 16.0. The standard InChI is InChI=1S/C23H23FN2O3/c24-17-5-3-4-14(10-17)13-25-21(27)19-11-16-9-8-15(19)12-23(16)26-22(28)18-6-1-2-7-20(18)29-23/h1-7,10,15-16,19H,8-9,11-13H2,(H,25,27)(H,26,28)/t15-,16+,19-,23-/m0/s1. The molecule has 0 unspecified atom stereocenters. The summed E-state index contributed by atoms with van der Waals surface area (Å²) in [7, 11) is 0. The van der Waals surface area contributed by atoms with Crippen LogP contribution in [0.2, 0.25) is 0 Å². The molecule has 1 aliphatic heterocycles. The van der Waals surface area contributed by atoms with E-state index in [0.717, 1.165) is 18.4 Å². The Labute approximate surface area is 168 Å². The topological polar surface area (TPSA) is 67.4 Å². The maximum Gasteiger partial charge on any atom is 0.258 e. The van der Waals surface area contributed by atoms with Gasteiger partial charge in [-0.1, -0.05) is 24.3 Å². The Balaban J connectivity index is 1.29. The van der Waals surface area contributed by atoms with Crippen LogP contribution in [0.3, 0.4) is 0 Å². The number of amides is 2. The molecule has 3 saturated carbocycles. The molecule has 6 rings (SSSR count). The van der Waals surface area contributed by atoms with Crippen molar-refractivity contribution in [2.24, 2.45) is 17.8 Å². The lowest BCUT2D eigenvalue weighted by molar-refractivity contribution is -0.146. The van der Waals surface area contributed by atoms with Crippen molar-refractivity contribution in [2.45, 2.75) is 38.0 Å². The predicted octanol–water partition coefficient (Wildman–Crippen LogP) is 3.40. The SMILES string of the molecule is O=C1N[C@@]2(C[C@@H]3CC[C@@H]2C[C@@H]3C(=O)NCc2cccc(F)c2)Oc2ccccc21. The lowest BCUT2D eigenvalue weighted by Crippen LogP contribution is -2.66. The molecule has 1 spiro atoms. The summed E-state index contributed by atoms with van der Waals surface area (Å²) in [5.74, 6) is 0.350. The van der Waals surface area contributed by atoms with Gasteiger partial charge in [0.25, 0.3) is 5.91 Å². The molecule has 2 amide bonds. The predicted molar refractivity (Wildman–Crippen MR) is 104 cm³/mol. The normalized spacial score (nSPS) is 29.7. The average molecular weight is 394 g/mol. The Morgan fingerprint density at radius 2 is 2.07 bits per heavy atom. The van der Waals surface area contributed by atoms with Crippen LogP contribution in [0, 0.1) is 23.6 Å². The Hall–Kier alpha value is -2.89. The molecule has 1 heterocycles. The lowest BCUT2D eigenvalue weighted by atomic mass is 9.60. The van der Waals surface area contributed by atoms with Crippen LogP contribution in [0.4, 0.5) is 4.39 Å². The second-order valence-corrected chi connectivity index (χ2v) is 8.37. The number of rotatable bonds is 3. The number of fused-ring (bicyclic) bond motifs is 3. The monoisotopic (exact) mass is 394 g/mol. The molecular weight excluding hydrogens is 371 g/mol. The molecule has 150 valence electrons. The summed E-state index contributed by atoms with van der Waals surface area (Å²) in [6.45, 7) is 0.316. The van der Waals surface area contributed by atoms with E-state index in [1.807, 2.05) is 18.2 Å². The van der Waals surface area contributed by atoms with Crippen molar-refractivity contribution in [1.29, 1.82) is 0 Å². The number of ether oxygens (including phenoxy) is 1. The molecule has 29 heavy (non-hydrogen) atoms. The molecule has 2 aromatic carbocycles. The molecule has 4 atom stereocenters. The van der Waals surface area contributed by atoms with Crippen molar-refractivity contribution >= 4 is 11.8 Å². The van der Waals surface area contributed by atoms with Crippen LogP contribution in [-0.4, -0.2) is 17.5 Å². The van der Waals surface area contributed by atoms with Gasteiger partial charge in [0.15, 0.2) is 5.72 Å². The Kier molecular flexibility index (Phi) is 4.30. The van der Waals surface area contributed by atoms with Crippen molar-refractivity contribution in [3.63, 3.8) is 0 Å². The van der Waals surface area contributed by atoms with Crippen LogP contribution >= 0.6 is 0 Å². The number of carbonyl (C=O) groups is 2. The Bertz CT molecular complexity index is 978. The quantitative estimate of drug-likeness (QED) is 0.839. The van der Waals surface area contributed by atoms with Gasteiger partial charge in [-0.15, -0.1) is 0 Å². The van der Waals surface area contributed by atoms with Crippen molar-refractivity contribution in [2.75, 3.05) is 0 Å². The van der Waals surface area contributed by atoms with E-state index >= 15 is 0 Å². The van der Waals surface area contributed by atoms with E-state index in [2.05, 4.69) is 10.6 Å². The summed E-state index contributed by atoms with van der Waals surface area (Å²) in [5.41, 5.74) is 0.590. The number of para-hydroxylation sites is 1. The van der Waals surface area contributed by atoms with Gasteiger partial charge in [0.2, 0.25) is 5.91 Å². The second-order valence-electron chi connectivity index (χ2n) is 8.37. The summed E-state index contributed by atoms with van der Waals surface area (Å²) in [5, 5.41) is 6.07. The molecule has 0 radical (unpaired) electrons. The van der Waals surface area contributed by atoms with Crippen molar-refractivity contribution in [3.05, 3.63) is 65.5 Å². The first-order valence-corrected chi connectivity index (χ1v) is 10.2. The third-order valence-corrected chi connectivity index (χ3v) is 6.66. The molecular formula is C23H23FN2O3. The van der Waals surface area contributed by atoms with Crippen molar-refractivity contribution < 1.29 is 18.7 Å². The van der Waals surface area contributed by atoms with E-state index in [4.69, 9.17) is 4.74 Å². The Morgan fingerprint density at radius 3 is 2.86 bits per heavy atom. The number of halogens is 1. The highest BCUT2D eigenvalue weighted by Gasteiger charge is 2.57. The minimum Gasteiger partial charge on any atom is -0.467 e. The van der Waals surface area contributed by atoms with Gasteiger partial charge >= 0.3 is 0 Å². The van der Waals surface area contributed by atoms with Crippen LogP contribution in [-0.2, 0) is 11.3 Å². The van der Waals surface area contributed by atoms with Crippen LogP contribution in [0.25, 0.3) is 0 Å². The van der Waals surface area contributed by atoms with Gasteiger partial charge < -0.3 is 15.4 Å². The molecule has 4 aliphatic rings. The molecule has 2 aromatic rings. The first kappa shape index (κ1) is 18.2. The van der Waals surface area contributed by atoms with Gasteiger partial charge in [-0.2, -0.15) is 0 Å². The van der Waals surface area contributed by atoms with Gasteiger partial charge in [-0.25, -0.2) is 4.39 Å². The third kappa shape index (κ3) is 3.16. The van der Waals surface area contributed by atoms with Gasteiger partial charge in [-0.3, -0.25) is 9.59 Å². The number of hydrogen-bond donors (Lipinski definition) is 2. The zero-order valence-corrected chi connectivity index (χ0v) is 16.0. The fraction of sp³-hybridized carbons (Fsp3) is 0.391. The van der Waals surface area contributed by atoms with Gasteiger partial charge in [0, 0.05) is 24.8 Å². The van der Waals surface area contributed by atoms with E-state index in [1.165, 1.54) is 12.1 Å². The average Bonchev–Trinajstić information content (AvgIpc) is 2.72. The van der Waals surface area contributed by atoms with E-state index in [-0.39, 0.29) is 35.4 Å². The highest BCUT2D eigenvalue weighted by molar-refractivity contribution is 5.98. The van der Waals surface area contributed by atoms with Gasteiger partial charge in [-0.05, 0) is 55.0 Å². The third-order valence-electron chi connectivity index (χ3n) is 6.66. The van der Waals surface area contributed by atoms with Crippen LogP contribution in [0.15, 0.2) is 48.5 Å². The maximum absolute atomic E-state index is 13.3. The number of nitrogens with one attached hydrogen (secondary N) is 2. The fourth-order valence-corrected chi connectivity index (χ4v) is 5.25. The number of hydrogen-bond acceptors (Lipinski definition) is 3. The van der Waals surface area contributed by atoms with Crippen LogP contribution in [0.1, 0.15) is 41.6 Å². The minimum atomic E-state index is -0.715. The Morgan fingerprint density at radius 1 is 1.21 bits per heavy atom. The summed E-state index contributed by atoms with van der Waals surface area (Å²) in [6.07, 6.45) is 3.20. The summed E-state index contributed by atoms with van der Waals surface area (Å²) >= 11 is 0. The van der Waals surface area contributed by atoms with Crippen molar-refractivity contribution in [1.82, 2.24) is 10.6 Å². The fourth-order valence-electron chi connectivity index (χ4n) is 5.25. The molecule has 2 N–H and O–H groups in total. The zero-order chi connectivity index (χ0) is 20.0. The molecule has 5 nitrogen and oxygen atoms in total. The van der Waals surface area contributed by atoms with Gasteiger partial charge in [0.1, 0.15) is 11.6 Å². The molecule has 0 aromatic heterocycles. The summed E-state index contributed by atoms with van der Waals surface area (Å²) in [6, 6.07) is 13.6. The van der Waals surface area contributed by atoms with Gasteiger partial charge in [0.05, 0.1) is 5.56 Å². The van der Waals surface area contributed by atoms with Crippen molar-refractivity contribution in [3.8, 4) is 5.75 Å². The molecule has 3 fully saturated rings. The van der Waals surface area contributed by atoms with E-state index in [1.54, 1.807) is 18.2 Å². The number of benzene rings is 2. The first-order chi connectivity index (χ1) is 14.0. The summed E-state index contributed by atoms with van der Waals surface area (Å²) < 4.78 is 19.7. The summed E-state index contributed by atoms with van der Waals surface area (Å²) in [4.78, 5) is 25.5. The van der Waals surface area contributed by atoms with Crippen LogP contribution in [0.5, 0.6) is 5.75 Å². The van der Waals surface area contributed by atoms with E-state index in [0.29, 0.717) is 30.7 Å². The second kappa shape index (κ2) is 6.87. The molecule has 6 heteroatoms. The smallest absolute Gasteiger partial charge is 0.258 e. The van der Waals surface area contributed by atoms with E-state index < -0.39 is 5.72 Å². The molecule has 3 aliphatic carbocycles. The first-order valence-electron chi connectivity index (χ1n) is 10.2. The molecule has 0 saturated heterocycles.